The van der Waals surface area contributed by atoms with Crippen molar-refractivity contribution in [1.82, 2.24) is 9.80 Å². The molecule has 1 amide bonds. The summed E-state index contributed by atoms with van der Waals surface area (Å²) in [6.07, 6.45) is 0.541. The maximum Gasteiger partial charge on any atom is 0.225 e. The van der Waals surface area contributed by atoms with Crippen LogP contribution < -0.4 is 5.32 Å². The lowest BCUT2D eigenvalue weighted by Crippen LogP contribution is -2.46. The molecule has 0 aromatic heterocycles. The molecule has 1 aliphatic heterocycles. The van der Waals surface area contributed by atoms with Gasteiger partial charge in [0.2, 0.25) is 5.91 Å². The highest BCUT2D eigenvalue weighted by molar-refractivity contribution is 5.90. The topological polar surface area (TPSA) is 35.6 Å². The number of amides is 1. The van der Waals surface area contributed by atoms with E-state index >= 15 is 0 Å². The molecule has 0 radical (unpaired) electrons. The number of nitrogens with zero attached hydrogens (tertiary/aromatic N) is 2. The van der Waals surface area contributed by atoms with Crippen LogP contribution in [0.1, 0.15) is 38.3 Å². The van der Waals surface area contributed by atoms with E-state index in [0.717, 1.165) is 45.0 Å². The van der Waals surface area contributed by atoms with E-state index in [4.69, 9.17) is 0 Å². The van der Waals surface area contributed by atoms with E-state index in [-0.39, 0.29) is 11.3 Å². The Morgan fingerprint density at radius 1 is 0.893 bits per heavy atom. The lowest BCUT2D eigenvalue weighted by molar-refractivity contribution is -0.116. The molecule has 1 N–H and O–H groups in total. The third-order valence-electron chi connectivity index (χ3n) is 5.40. The first-order valence-corrected chi connectivity index (χ1v) is 10.3. The normalized spacial score (nSPS) is 16.1. The molecule has 1 heterocycles. The molecule has 0 atom stereocenters. The summed E-state index contributed by atoms with van der Waals surface area (Å²) in [5, 5.41) is 3.03. The minimum atomic E-state index is 0.0928. The second-order valence-electron chi connectivity index (χ2n) is 8.73. The van der Waals surface area contributed by atoms with Gasteiger partial charge in [-0.1, -0.05) is 63.2 Å². The molecular weight excluding hydrogens is 346 g/mol. The van der Waals surface area contributed by atoms with Crippen molar-refractivity contribution in [2.45, 2.75) is 39.2 Å². The Hall–Kier alpha value is -2.17. The lowest BCUT2D eigenvalue weighted by atomic mass is 9.87. The zero-order chi connectivity index (χ0) is 20.0. The highest BCUT2D eigenvalue weighted by atomic mass is 16.1. The van der Waals surface area contributed by atoms with Crippen molar-refractivity contribution in [3.8, 4) is 0 Å². The summed E-state index contributed by atoms with van der Waals surface area (Å²) in [5.74, 6) is 0.0928. The van der Waals surface area contributed by atoms with E-state index in [9.17, 15) is 4.79 Å². The molecule has 4 heteroatoms. The van der Waals surface area contributed by atoms with E-state index in [2.05, 4.69) is 78.4 Å². The van der Waals surface area contributed by atoms with Crippen molar-refractivity contribution in [2.75, 3.05) is 38.0 Å². The number of anilines is 1. The Bertz CT molecular complexity index is 742. The van der Waals surface area contributed by atoms with Gasteiger partial charge in [0, 0.05) is 51.4 Å². The molecule has 0 unspecified atom stereocenters. The molecule has 0 saturated carbocycles. The molecule has 1 fully saturated rings. The van der Waals surface area contributed by atoms with Gasteiger partial charge >= 0.3 is 0 Å². The predicted molar refractivity (Wildman–Crippen MR) is 117 cm³/mol. The van der Waals surface area contributed by atoms with E-state index < -0.39 is 0 Å². The molecule has 2 aromatic rings. The molecule has 28 heavy (non-hydrogen) atoms. The molecule has 3 rings (SSSR count). The van der Waals surface area contributed by atoms with Gasteiger partial charge in [0.25, 0.3) is 0 Å². The van der Waals surface area contributed by atoms with Crippen LogP contribution >= 0.6 is 0 Å². The number of nitrogens with one attached hydrogen (secondary N) is 1. The van der Waals surface area contributed by atoms with Gasteiger partial charge < -0.3 is 10.2 Å². The number of hydrogen-bond acceptors (Lipinski definition) is 3. The Balaban J connectivity index is 1.37. The Labute approximate surface area is 169 Å². The zero-order valence-electron chi connectivity index (χ0n) is 17.4. The standard InChI is InChI=1S/C24H33N3O/c1-24(2,3)21-9-11-22(12-10-21)25-23(28)13-14-26-15-17-27(18-16-26)19-20-7-5-4-6-8-20/h4-12H,13-19H2,1-3H3,(H,25,28). The second kappa shape index (κ2) is 9.35. The van der Waals surface area contributed by atoms with E-state index in [1.807, 2.05) is 12.1 Å². The van der Waals surface area contributed by atoms with Crippen LogP contribution in [0.3, 0.4) is 0 Å². The quantitative estimate of drug-likeness (QED) is 0.820. The van der Waals surface area contributed by atoms with Crippen LogP contribution in [0.2, 0.25) is 0 Å². The van der Waals surface area contributed by atoms with Gasteiger partial charge in [0.15, 0.2) is 0 Å². The Kier molecular flexibility index (Phi) is 6.87. The van der Waals surface area contributed by atoms with Gasteiger partial charge in [-0.3, -0.25) is 9.69 Å². The van der Waals surface area contributed by atoms with Gasteiger partial charge in [0.05, 0.1) is 0 Å². The SMILES string of the molecule is CC(C)(C)c1ccc(NC(=O)CCN2CCN(Cc3ccccc3)CC2)cc1. The number of carbonyl (C=O) groups excluding carboxylic acids is 1. The fraction of sp³-hybridized carbons (Fsp3) is 0.458. The van der Waals surface area contributed by atoms with Crippen LogP contribution in [0.25, 0.3) is 0 Å². The smallest absolute Gasteiger partial charge is 0.225 e. The summed E-state index contributed by atoms with van der Waals surface area (Å²) in [6.45, 7) is 12.6. The van der Waals surface area contributed by atoms with Crippen molar-refractivity contribution in [3.63, 3.8) is 0 Å². The summed E-state index contributed by atoms with van der Waals surface area (Å²) in [5.41, 5.74) is 3.66. The monoisotopic (exact) mass is 379 g/mol. The fourth-order valence-electron chi connectivity index (χ4n) is 3.55. The Morgan fingerprint density at radius 2 is 1.50 bits per heavy atom. The third-order valence-corrected chi connectivity index (χ3v) is 5.40. The Morgan fingerprint density at radius 3 is 2.11 bits per heavy atom. The molecule has 1 aliphatic rings. The predicted octanol–water partition coefficient (Wildman–Crippen LogP) is 4.13. The first-order valence-electron chi connectivity index (χ1n) is 10.3. The van der Waals surface area contributed by atoms with Crippen LogP contribution in [0, 0.1) is 0 Å². The van der Waals surface area contributed by atoms with Crippen molar-refractivity contribution in [2.24, 2.45) is 0 Å². The van der Waals surface area contributed by atoms with Gasteiger partial charge in [-0.05, 0) is 28.7 Å². The van der Waals surface area contributed by atoms with Crippen LogP contribution in [0.4, 0.5) is 5.69 Å². The van der Waals surface area contributed by atoms with E-state index in [1.165, 1.54) is 11.1 Å². The minimum Gasteiger partial charge on any atom is -0.326 e. The minimum absolute atomic E-state index is 0.0928. The number of carbonyl (C=O) groups is 1. The van der Waals surface area contributed by atoms with E-state index in [0.29, 0.717) is 6.42 Å². The third kappa shape index (κ3) is 6.18. The molecule has 1 saturated heterocycles. The average Bonchev–Trinajstić information content (AvgIpc) is 2.68. The maximum absolute atomic E-state index is 12.3. The molecule has 0 spiro atoms. The summed E-state index contributed by atoms with van der Waals surface area (Å²) in [4.78, 5) is 17.2. The first kappa shape index (κ1) is 20.6. The van der Waals surface area contributed by atoms with Crippen molar-refractivity contribution < 1.29 is 4.79 Å². The average molecular weight is 380 g/mol. The van der Waals surface area contributed by atoms with Crippen LogP contribution in [-0.4, -0.2) is 48.4 Å². The van der Waals surface area contributed by atoms with Gasteiger partial charge in [-0.25, -0.2) is 0 Å². The van der Waals surface area contributed by atoms with Crippen LogP contribution in [-0.2, 0) is 16.8 Å². The summed E-state index contributed by atoms with van der Waals surface area (Å²) in [6, 6.07) is 18.8. The molecule has 150 valence electrons. The van der Waals surface area contributed by atoms with Gasteiger partial charge in [0.1, 0.15) is 0 Å². The highest BCUT2D eigenvalue weighted by Crippen LogP contribution is 2.23. The van der Waals surface area contributed by atoms with Crippen LogP contribution in [0.15, 0.2) is 54.6 Å². The number of benzene rings is 2. The molecule has 0 bridgehead atoms. The number of hydrogen-bond donors (Lipinski definition) is 1. The van der Waals surface area contributed by atoms with Crippen molar-refractivity contribution in [3.05, 3.63) is 65.7 Å². The highest BCUT2D eigenvalue weighted by Gasteiger charge is 2.18. The van der Waals surface area contributed by atoms with Crippen LogP contribution in [0.5, 0.6) is 0 Å². The fourth-order valence-corrected chi connectivity index (χ4v) is 3.55. The summed E-state index contributed by atoms with van der Waals surface area (Å²) >= 11 is 0. The van der Waals surface area contributed by atoms with Gasteiger partial charge in [-0.15, -0.1) is 0 Å². The summed E-state index contributed by atoms with van der Waals surface area (Å²) < 4.78 is 0. The zero-order valence-corrected chi connectivity index (χ0v) is 17.4. The molecule has 0 aliphatic carbocycles. The first-order chi connectivity index (χ1) is 13.4. The summed E-state index contributed by atoms with van der Waals surface area (Å²) in [7, 11) is 0. The number of piperazine rings is 1. The van der Waals surface area contributed by atoms with Crippen molar-refractivity contribution >= 4 is 11.6 Å². The molecule has 2 aromatic carbocycles. The number of rotatable bonds is 6. The lowest BCUT2D eigenvalue weighted by Gasteiger charge is -2.34. The maximum atomic E-state index is 12.3. The van der Waals surface area contributed by atoms with Gasteiger partial charge in [-0.2, -0.15) is 0 Å². The molecule has 4 nitrogen and oxygen atoms in total. The molecular formula is C24H33N3O. The van der Waals surface area contributed by atoms with Crippen molar-refractivity contribution in [1.29, 1.82) is 0 Å². The van der Waals surface area contributed by atoms with E-state index in [1.54, 1.807) is 0 Å². The largest absolute Gasteiger partial charge is 0.326 e. The second-order valence-corrected chi connectivity index (χ2v) is 8.73.